The molecule has 0 radical (unpaired) electrons. The van der Waals surface area contributed by atoms with Crippen LogP contribution in [0.1, 0.15) is 21.6 Å². The normalized spacial score (nSPS) is 10.6. The van der Waals surface area contributed by atoms with Gasteiger partial charge in [0.1, 0.15) is 5.75 Å². The van der Waals surface area contributed by atoms with Gasteiger partial charge in [0.2, 0.25) is 0 Å². The van der Waals surface area contributed by atoms with Crippen molar-refractivity contribution in [2.24, 2.45) is 5.73 Å². The molecule has 28 heavy (non-hydrogen) atoms. The van der Waals surface area contributed by atoms with E-state index in [1.54, 1.807) is 21.3 Å². The van der Waals surface area contributed by atoms with Crippen molar-refractivity contribution in [3.63, 3.8) is 0 Å². The molecule has 0 bridgehead atoms. The Kier molecular flexibility index (Phi) is 5.59. The Labute approximate surface area is 164 Å². The Bertz CT molecular complexity index is 991. The zero-order valence-electron chi connectivity index (χ0n) is 16.5. The van der Waals surface area contributed by atoms with Crippen molar-refractivity contribution in [1.82, 2.24) is 4.57 Å². The van der Waals surface area contributed by atoms with Crippen molar-refractivity contribution in [2.75, 3.05) is 21.3 Å². The molecule has 3 rings (SSSR count). The summed E-state index contributed by atoms with van der Waals surface area (Å²) >= 11 is 0. The fourth-order valence-electron chi connectivity index (χ4n) is 3.26. The summed E-state index contributed by atoms with van der Waals surface area (Å²) in [5.74, 6) is 1.65. The van der Waals surface area contributed by atoms with Gasteiger partial charge in [-0.25, -0.2) is 0 Å². The average Bonchev–Trinajstić information content (AvgIpc) is 3.04. The Morgan fingerprint density at radius 2 is 1.61 bits per heavy atom. The summed E-state index contributed by atoms with van der Waals surface area (Å²) in [6.07, 6.45) is 0. The highest BCUT2D eigenvalue weighted by Crippen LogP contribution is 2.31. The van der Waals surface area contributed by atoms with Crippen molar-refractivity contribution in [2.45, 2.75) is 13.5 Å². The number of primary amides is 1. The summed E-state index contributed by atoms with van der Waals surface area (Å²) in [6, 6.07) is 15.3. The third-order valence-electron chi connectivity index (χ3n) is 4.81. The van der Waals surface area contributed by atoms with Crippen LogP contribution < -0.4 is 19.9 Å². The van der Waals surface area contributed by atoms with E-state index < -0.39 is 5.91 Å². The van der Waals surface area contributed by atoms with E-state index >= 15 is 0 Å². The standard InChI is InChI=1S/C22H24N2O4/c1-14-18(22(23)25)12-19(16-6-8-17(26-2)9-7-16)24(14)13-15-5-10-20(27-3)21(11-15)28-4/h5-12H,13H2,1-4H3,(H2,23,25). The molecule has 6 nitrogen and oxygen atoms in total. The number of nitrogens with zero attached hydrogens (tertiary/aromatic N) is 1. The van der Waals surface area contributed by atoms with Crippen LogP contribution >= 0.6 is 0 Å². The fraction of sp³-hybridized carbons (Fsp3) is 0.227. The lowest BCUT2D eigenvalue weighted by Crippen LogP contribution is -2.12. The Hall–Kier alpha value is -3.41. The number of aromatic nitrogens is 1. The summed E-state index contributed by atoms with van der Waals surface area (Å²) < 4.78 is 18.0. The van der Waals surface area contributed by atoms with E-state index in [2.05, 4.69) is 4.57 Å². The highest BCUT2D eigenvalue weighted by molar-refractivity contribution is 5.95. The molecule has 1 amide bonds. The third-order valence-corrected chi connectivity index (χ3v) is 4.81. The summed E-state index contributed by atoms with van der Waals surface area (Å²) in [5, 5.41) is 0. The number of benzene rings is 2. The predicted molar refractivity (Wildman–Crippen MR) is 108 cm³/mol. The number of hydrogen-bond donors (Lipinski definition) is 1. The van der Waals surface area contributed by atoms with Crippen LogP contribution in [0.15, 0.2) is 48.5 Å². The first-order valence-corrected chi connectivity index (χ1v) is 8.83. The molecular weight excluding hydrogens is 356 g/mol. The lowest BCUT2D eigenvalue weighted by Gasteiger charge is -2.14. The van der Waals surface area contributed by atoms with E-state index in [0.29, 0.717) is 23.6 Å². The minimum atomic E-state index is -0.446. The quantitative estimate of drug-likeness (QED) is 0.679. The summed E-state index contributed by atoms with van der Waals surface area (Å²) in [4.78, 5) is 11.9. The first kappa shape index (κ1) is 19.4. The van der Waals surface area contributed by atoms with Crippen LogP contribution in [-0.2, 0) is 6.54 Å². The number of ether oxygens (including phenoxy) is 3. The maximum Gasteiger partial charge on any atom is 0.250 e. The molecule has 6 heteroatoms. The van der Waals surface area contributed by atoms with Crippen LogP contribution in [0.4, 0.5) is 0 Å². The van der Waals surface area contributed by atoms with Crippen LogP contribution in [0.5, 0.6) is 17.2 Å². The minimum absolute atomic E-state index is 0.446. The molecule has 0 aliphatic rings. The average molecular weight is 380 g/mol. The molecule has 0 aliphatic carbocycles. The number of nitrogens with two attached hydrogens (primary N) is 1. The van der Waals surface area contributed by atoms with E-state index in [1.165, 1.54) is 0 Å². The molecule has 0 aliphatic heterocycles. The van der Waals surface area contributed by atoms with Gasteiger partial charge in [-0.1, -0.05) is 6.07 Å². The maximum atomic E-state index is 11.9. The van der Waals surface area contributed by atoms with Gasteiger partial charge in [0.05, 0.1) is 26.9 Å². The van der Waals surface area contributed by atoms with Crippen molar-refractivity contribution >= 4 is 5.91 Å². The number of amides is 1. The van der Waals surface area contributed by atoms with Gasteiger partial charge in [0.25, 0.3) is 5.91 Å². The first-order chi connectivity index (χ1) is 13.5. The summed E-state index contributed by atoms with van der Waals surface area (Å²) in [5.41, 5.74) is 9.80. The summed E-state index contributed by atoms with van der Waals surface area (Å²) in [7, 11) is 4.84. The zero-order chi connectivity index (χ0) is 20.3. The third kappa shape index (κ3) is 3.67. The molecular formula is C22H24N2O4. The molecule has 0 spiro atoms. The lowest BCUT2D eigenvalue weighted by molar-refractivity contribution is 0.0999. The largest absolute Gasteiger partial charge is 0.497 e. The molecule has 0 fully saturated rings. The Morgan fingerprint density at radius 1 is 0.929 bits per heavy atom. The monoisotopic (exact) mass is 380 g/mol. The van der Waals surface area contributed by atoms with Crippen LogP contribution in [-0.4, -0.2) is 31.8 Å². The molecule has 2 N–H and O–H groups in total. The highest BCUT2D eigenvalue weighted by Gasteiger charge is 2.17. The van der Waals surface area contributed by atoms with Crippen LogP contribution in [0.3, 0.4) is 0 Å². The lowest BCUT2D eigenvalue weighted by atomic mass is 10.1. The minimum Gasteiger partial charge on any atom is -0.497 e. The molecule has 0 unspecified atom stereocenters. The van der Waals surface area contributed by atoms with Gasteiger partial charge in [0, 0.05) is 17.9 Å². The number of carbonyl (C=O) groups is 1. The van der Waals surface area contributed by atoms with Gasteiger partial charge in [-0.15, -0.1) is 0 Å². The Balaban J connectivity index is 2.07. The number of hydrogen-bond acceptors (Lipinski definition) is 4. The van der Waals surface area contributed by atoms with Crippen LogP contribution in [0.2, 0.25) is 0 Å². The van der Waals surface area contributed by atoms with Crippen molar-refractivity contribution in [3.05, 3.63) is 65.4 Å². The van der Waals surface area contributed by atoms with Crippen molar-refractivity contribution in [3.8, 4) is 28.5 Å². The van der Waals surface area contributed by atoms with E-state index in [9.17, 15) is 4.79 Å². The van der Waals surface area contributed by atoms with E-state index in [4.69, 9.17) is 19.9 Å². The molecule has 0 atom stereocenters. The topological polar surface area (TPSA) is 75.7 Å². The second-order valence-corrected chi connectivity index (χ2v) is 6.40. The molecule has 146 valence electrons. The van der Waals surface area contributed by atoms with Crippen molar-refractivity contribution in [1.29, 1.82) is 0 Å². The van der Waals surface area contributed by atoms with Crippen molar-refractivity contribution < 1.29 is 19.0 Å². The van der Waals surface area contributed by atoms with Gasteiger partial charge in [-0.3, -0.25) is 4.79 Å². The molecule has 3 aromatic rings. The number of methoxy groups -OCH3 is 3. The molecule has 0 saturated heterocycles. The van der Waals surface area contributed by atoms with Crippen LogP contribution in [0, 0.1) is 6.92 Å². The van der Waals surface area contributed by atoms with E-state index in [1.807, 2.05) is 55.5 Å². The smallest absolute Gasteiger partial charge is 0.250 e. The van der Waals surface area contributed by atoms with E-state index in [-0.39, 0.29) is 0 Å². The molecule has 0 saturated carbocycles. The van der Waals surface area contributed by atoms with Gasteiger partial charge in [-0.05, 0) is 60.5 Å². The van der Waals surface area contributed by atoms with Crippen LogP contribution in [0.25, 0.3) is 11.3 Å². The van der Waals surface area contributed by atoms with Gasteiger partial charge >= 0.3 is 0 Å². The predicted octanol–water partition coefficient (Wildman–Crippen LogP) is 3.64. The number of carbonyl (C=O) groups excluding carboxylic acids is 1. The summed E-state index contributed by atoms with van der Waals surface area (Å²) in [6.45, 7) is 2.45. The van der Waals surface area contributed by atoms with Gasteiger partial charge in [0.15, 0.2) is 11.5 Å². The molecule has 2 aromatic carbocycles. The SMILES string of the molecule is COc1ccc(-c2cc(C(N)=O)c(C)n2Cc2ccc(OC)c(OC)c2)cc1. The molecule has 1 heterocycles. The van der Waals surface area contributed by atoms with E-state index in [0.717, 1.165) is 28.3 Å². The molecule has 1 aromatic heterocycles. The fourth-order valence-corrected chi connectivity index (χ4v) is 3.26. The second kappa shape index (κ2) is 8.08. The van der Waals surface area contributed by atoms with Gasteiger partial charge < -0.3 is 24.5 Å². The maximum absolute atomic E-state index is 11.9. The number of rotatable bonds is 7. The highest BCUT2D eigenvalue weighted by atomic mass is 16.5. The zero-order valence-corrected chi connectivity index (χ0v) is 16.5. The van der Waals surface area contributed by atoms with Gasteiger partial charge in [-0.2, -0.15) is 0 Å². The Morgan fingerprint density at radius 3 is 2.18 bits per heavy atom. The second-order valence-electron chi connectivity index (χ2n) is 6.40. The first-order valence-electron chi connectivity index (χ1n) is 8.83.